The number of aliphatic hydroxyl groups excluding tert-OH is 9. The van der Waals surface area contributed by atoms with Gasteiger partial charge in [0.05, 0.1) is 85.5 Å². The predicted octanol–water partition coefficient (Wildman–Crippen LogP) is 3.42. The molecule has 1 aromatic carbocycles. The Kier molecular flexibility index (Phi) is 30.8. The quantitative estimate of drug-likeness (QED) is 0.0952. The highest BCUT2D eigenvalue weighted by Crippen LogP contribution is 2.38. The Morgan fingerprint density at radius 1 is 0.739 bits per heavy atom. The highest BCUT2D eigenvalue weighted by Gasteiger charge is 2.51. The summed E-state index contributed by atoms with van der Waals surface area (Å²) in [7, 11) is 1.77. The van der Waals surface area contributed by atoms with Gasteiger partial charge < -0.3 is 86.4 Å². The number of pyridine rings is 1. The van der Waals surface area contributed by atoms with Crippen LogP contribution in [0.25, 0.3) is 0 Å². The van der Waals surface area contributed by atoms with Crippen LogP contribution in [0.1, 0.15) is 114 Å². The molecule has 2 bridgehead atoms. The predicted molar refractivity (Wildman–Crippen MR) is 328 cm³/mol. The monoisotopic (exact) mass is 1230 g/mol. The van der Waals surface area contributed by atoms with Crippen molar-refractivity contribution in [2.75, 3.05) is 18.9 Å². The molecule has 2 aromatic rings. The van der Waals surface area contributed by atoms with Crippen LogP contribution in [-0.2, 0) is 39.8 Å². The summed E-state index contributed by atoms with van der Waals surface area (Å²) in [6, 6.07) is 11.1. The summed E-state index contributed by atoms with van der Waals surface area (Å²) < 4.78 is 24.4. The molecule has 14 N–H and O–H groups in total. The van der Waals surface area contributed by atoms with E-state index >= 15 is 0 Å². The number of cyclic esters (lactones) is 1. The van der Waals surface area contributed by atoms with Crippen molar-refractivity contribution in [1.82, 2.24) is 10.3 Å². The van der Waals surface area contributed by atoms with Crippen LogP contribution < -0.4 is 16.4 Å². The molecule has 19 atom stereocenters. The molecule has 3 aliphatic rings. The van der Waals surface area contributed by atoms with Crippen molar-refractivity contribution in [3.05, 3.63) is 145 Å². The largest absolute Gasteiger partial charge is 0.461 e. The van der Waals surface area contributed by atoms with Gasteiger partial charge >= 0.3 is 5.97 Å². The van der Waals surface area contributed by atoms with Crippen LogP contribution in [0.3, 0.4) is 0 Å². The number of Topliss-reactive ketones (excluding diaryl/α,β-unsaturated/α-hetero) is 2. The van der Waals surface area contributed by atoms with Gasteiger partial charge in [-0.2, -0.15) is 0 Å². The topological polar surface area (TPSA) is 370 Å². The third kappa shape index (κ3) is 25.2. The number of fused-ring (bicyclic) bond motifs is 2. The Balaban J connectivity index is 1.35. The second-order valence-electron chi connectivity index (χ2n) is 23.4. The lowest BCUT2D eigenvalue weighted by Crippen LogP contribution is -2.62. The molecule has 5 rings (SSSR count). The first-order chi connectivity index (χ1) is 41.9. The van der Waals surface area contributed by atoms with Crippen LogP contribution in [-0.4, -0.2) is 191 Å². The first-order valence-electron chi connectivity index (χ1n) is 30.4. The third-order valence-corrected chi connectivity index (χ3v) is 15.8. The molecule has 3 aliphatic heterocycles. The van der Waals surface area contributed by atoms with Gasteiger partial charge in [0, 0.05) is 87.6 Å². The molecular formula is C66H94N4O18. The van der Waals surface area contributed by atoms with E-state index in [4.69, 9.17) is 24.7 Å². The summed E-state index contributed by atoms with van der Waals surface area (Å²) in [6.07, 6.45) is 4.97. The highest BCUT2D eigenvalue weighted by molar-refractivity contribution is 5.96. The highest BCUT2D eigenvalue weighted by atomic mass is 16.7. The van der Waals surface area contributed by atoms with Crippen molar-refractivity contribution in [2.45, 2.75) is 202 Å². The summed E-state index contributed by atoms with van der Waals surface area (Å²) in [5, 5.41) is 117. The van der Waals surface area contributed by atoms with Crippen LogP contribution in [0.5, 0.6) is 0 Å². The number of rotatable bonds is 14. The number of hydrogen-bond acceptors (Lipinski definition) is 21. The smallest absolute Gasteiger partial charge is 0.308 e. The van der Waals surface area contributed by atoms with Crippen molar-refractivity contribution in [2.24, 2.45) is 23.5 Å². The van der Waals surface area contributed by atoms with E-state index in [1.807, 2.05) is 19.9 Å². The number of benzene rings is 1. The van der Waals surface area contributed by atoms with Gasteiger partial charge in [0.2, 0.25) is 5.91 Å². The van der Waals surface area contributed by atoms with E-state index in [1.54, 1.807) is 142 Å². The Morgan fingerprint density at radius 3 is 1.97 bits per heavy atom. The van der Waals surface area contributed by atoms with E-state index in [9.17, 15) is 70.2 Å². The molecule has 19 unspecified atom stereocenters. The maximum Gasteiger partial charge on any atom is 0.308 e. The number of aromatic nitrogens is 1. The van der Waals surface area contributed by atoms with Gasteiger partial charge in [0.15, 0.2) is 17.9 Å². The van der Waals surface area contributed by atoms with Gasteiger partial charge in [-0.3, -0.25) is 24.2 Å². The number of nitrogens with two attached hydrogens (primary N) is 1. The molecule has 0 aliphatic carbocycles. The van der Waals surface area contributed by atoms with Gasteiger partial charge in [0.1, 0.15) is 18.0 Å². The summed E-state index contributed by atoms with van der Waals surface area (Å²) >= 11 is 0. The van der Waals surface area contributed by atoms with E-state index in [1.165, 1.54) is 0 Å². The summed E-state index contributed by atoms with van der Waals surface area (Å²) in [5.74, 6) is -6.57. The number of ketones is 2. The molecule has 0 radical (unpaired) electrons. The number of hydrogen-bond donors (Lipinski definition) is 13. The first-order valence-corrected chi connectivity index (χ1v) is 30.4. The minimum absolute atomic E-state index is 0.105. The van der Waals surface area contributed by atoms with Crippen LogP contribution in [0.4, 0.5) is 5.69 Å². The summed E-state index contributed by atoms with van der Waals surface area (Å²) in [6.45, 7) is 5.39. The molecule has 0 spiro atoms. The van der Waals surface area contributed by atoms with Crippen molar-refractivity contribution in [1.29, 1.82) is 0 Å². The summed E-state index contributed by atoms with van der Waals surface area (Å²) in [4.78, 5) is 57.7. The fourth-order valence-corrected chi connectivity index (χ4v) is 11.1. The van der Waals surface area contributed by atoms with E-state index in [-0.39, 0.29) is 56.3 Å². The lowest BCUT2D eigenvalue weighted by atomic mass is 9.82. The van der Waals surface area contributed by atoms with Gasteiger partial charge in [-0.25, -0.2) is 0 Å². The van der Waals surface area contributed by atoms with E-state index in [2.05, 4.69) is 15.6 Å². The van der Waals surface area contributed by atoms with Gasteiger partial charge in [0.25, 0.3) is 0 Å². The SMILES string of the molecule is CNc1ccc(C(=O)CC(O)CCC(C)C2OC(=O)CC(O)CC(=O)CC(O)CC(O)CC(O)CC(O)CC3(O)CC(O)C(C(=O)NCCc4ccccn4)C(CC(OC4OC(C)C(O)C(N)C4O)/C=C/C=C/C=C/C=C/C=C/C=C/C=C/C2C)O3)cc1. The third-order valence-electron chi connectivity index (χ3n) is 15.8. The van der Waals surface area contributed by atoms with Crippen molar-refractivity contribution >= 4 is 29.1 Å². The number of anilines is 1. The minimum Gasteiger partial charge on any atom is -0.461 e. The van der Waals surface area contributed by atoms with E-state index in [0.717, 1.165) is 5.69 Å². The number of amides is 1. The molecular weight excluding hydrogens is 1140 g/mol. The van der Waals surface area contributed by atoms with Crippen molar-refractivity contribution in [3.63, 3.8) is 0 Å². The molecule has 486 valence electrons. The Labute approximate surface area is 515 Å². The molecule has 22 heteroatoms. The molecule has 88 heavy (non-hydrogen) atoms. The number of esters is 1. The average Bonchev–Trinajstić information content (AvgIpc) is 0.946. The summed E-state index contributed by atoms with van der Waals surface area (Å²) in [5.41, 5.74) is 8.16. The van der Waals surface area contributed by atoms with Gasteiger partial charge in [-0.15, -0.1) is 0 Å². The first kappa shape index (κ1) is 72.8. The number of aliphatic hydroxyl groups is 10. The second-order valence-corrected chi connectivity index (χ2v) is 23.4. The van der Waals surface area contributed by atoms with Gasteiger partial charge in [-0.1, -0.05) is 105 Å². The van der Waals surface area contributed by atoms with Crippen LogP contribution in [0.15, 0.2) is 134 Å². The standard InChI is InChI=1S/C66H94N4O18/c1-41-19-15-13-11-9-7-5-6-8-10-12-14-16-21-54(86-65-62(82)60(67)61(81)43(3)85-65)38-57-59(64(83)70-30-28-46-20-17-18-29-69-46)56(79)40-66(84,88-57)39-53(77)35-51(75)33-49(73)31-48(72)32-50(74)34-52(76)37-58(80)87-63(41)42(2)22-27-47(71)36-55(78)44-23-25-45(68-4)26-24-44/h5-21,23-26,29,41-43,47-49,51-54,56-57,59-63,65,68,71-73,75-77,79,81-82,84H,22,27-28,30-40,67H2,1-4H3,(H,70,83)/b6-5+,9-7+,10-8+,13-11+,14-12+,19-15+,21-16+. The maximum atomic E-state index is 14.0. The van der Waals surface area contributed by atoms with Crippen LogP contribution in [0.2, 0.25) is 0 Å². The molecule has 1 aromatic heterocycles. The molecule has 22 nitrogen and oxygen atoms in total. The molecule has 1 amide bonds. The molecule has 2 saturated heterocycles. The normalized spacial score (nSPS) is 35.6. The average molecular weight is 1230 g/mol. The lowest BCUT2D eigenvalue weighted by molar-refractivity contribution is -0.307. The van der Waals surface area contributed by atoms with E-state index in [0.29, 0.717) is 24.1 Å². The molecule has 2 fully saturated rings. The second kappa shape index (κ2) is 37.3. The fraction of sp³-hybridized carbons (Fsp3) is 0.561. The Hall–Kier alpha value is -5.93. The van der Waals surface area contributed by atoms with E-state index < -0.39 is 160 Å². The van der Waals surface area contributed by atoms with Gasteiger partial charge in [-0.05, 0) is 81.3 Å². The van der Waals surface area contributed by atoms with Crippen molar-refractivity contribution < 1.29 is 89.2 Å². The lowest BCUT2D eigenvalue weighted by Gasteiger charge is -2.46. The number of nitrogens with zero attached hydrogens (tertiary/aromatic N) is 1. The zero-order valence-corrected chi connectivity index (χ0v) is 50.8. The molecule has 0 saturated carbocycles. The number of carbonyl (C=O) groups excluding carboxylic acids is 4. The number of carbonyl (C=O) groups is 4. The Bertz CT molecular complexity index is 2670. The minimum atomic E-state index is -2.30. The van der Waals surface area contributed by atoms with Crippen LogP contribution in [0, 0.1) is 17.8 Å². The zero-order valence-electron chi connectivity index (χ0n) is 50.8. The zero-order chi connectivity index (χ0) is 64.3. The Morgan fingerprint density at radius 2 is 1.34 bits per heavy atom. The molecule has 4 heterocycles. The maximum absolute atomic E-state index is 14.0. The fourth-order valence-electron chi connectivity index (χ4n) is 11.1. The van der Waals surface area contributed by atoms with Crippen LogP contribution >= 0.6 is 0 Å². The number of nitrogens with one attached hydrogen (secondary N) is 2. The number of allylic oxidation sites excluding steroid dienone is 12. The number of ether oxygens (including phenoxy) is 4. The van der Waals surface area contributed by atoms with Crippen molar-refractivity contribution in [3.8, 4) is 0 Å².